The van der Waals surface area contributed by atoms with Gasteiger partial charge in [-0.3, -0.25) is 0 Å². The molecular weight excluding hydrogens is 829 g/mol. The zero-order valence-corrected chi connectivity index (χ0v) is 39.3. The van der Waals surface area contributed by atoms with Gasteiger partial charge in [0.1, 0.15) is 0 Å². The molecule has 11 aromatic carbocycles. The van der Waals surface area contributed by atoms with Crippen LogP contribution in [0.2, 0.25) is 0 Å². The maximum Gasteiger partial charge on any atom is 0.0725 e. The van der Waals surface area contributed by atoms with Crippen molar-refractivity contribution in [2.45, 2.75) is 43.9 Å². The topological polar surface area (TPSA) is 0 Å². The van der Waals surface area contributed by atoms with Gasteiger partial charge in [0.15, 0.2) is 0 Å². The summed E-state index contributed by atoms with van der Waals surface area (Å²) in [7, 11) is 0. The van der Waals surface area contributed by atoms with Crippen molar-refractivity contribution in [1.82, 2.24) is 0 Å². The molecule has 4 aliphatic rings. The van der Waals surface area contributed by atoms with Crippen molar-refractivity contribution in [2.75, 3.05) is 0 Å². The summed E-state index contributed by atoms with van der Waals surface area (Å²) in [6, 6.07) is 83.8. The summed E-state index contributed by atoms with van der Waals surface area (Å²) in [6.07, 6.45) is 0. The summed E-state index contributed by atoms with van der Waals surface area (Å²) in [6.45, 7) is 9.52. The molecule has 0 heterocycles. The van der Waals surface area contributed by atoms with Gasteiger partial charge in [-0.05, 0) is 168 Å². The first-order chi connectivity index (χ1) is 33.7. The van der Waals surface area contributed by atoms with Gasteiger partial charge in [-0.2, -0.15) is 0 Å². The normalized spacial score (nSPS) is 15.3. The highest BCUT2D eigenvalue weighted by Crippen LogP contribution is 2.63. The Morgan fingerprint density at radius 2 is 0.565 bits per heavy atom. The average molecular weight is 877 g/mol. The van der Waals surface area contributed by atoms with Crippen molar-refractivity contribution in [3.05, 3.63) is 263 Å². The minimum Gasteiger partial charge on any atom is -0.0619 e. The van der Waals surface area contributed by atoms with Gasteiger partial charge in [-0.25, -0.2) is 0 Å². The molecule has 0 aliphatic heterocycles. The van der Waals surface area contributed by atoms with E-state index in [0.717, 1.165) is 0 Å². The molecule has 1 spiro atoms. The fourth-order valence-electron chi connectivity index (χ4n) is 14.0. The lowest BCUT2D eigenvalue weighted by Gasteiger charge is -2.31. The summed E-state index contributed by atoms with van der Waals surface area (Å²) in [5.74, 6) is 0. The molecule has 69 heavy (non-hydrogen) atoms. The maximum atomic E-state index is 2.57. The summed E-state index contributed by atoms with van der Waals surface area (Å²) in [5, 5.41) is 5.06. The van der Waals surface area contributed by atoms with Crippen LogP contribution in [0, 0.1) is 0 Å². The second-order valence-electron chi connectivity index (χ2n) is 21.1. The van der Waals surface area contributed by atoms with Gasteiger partial charge in [-0.15, -0.1) is 0 Å². The number of benzene rings is 11. The Balaban J connectivity index is 1.01. The SMILES string of the molecule is CC1(C)c2ccccc2-c2cc(-c3c4ccccc4c(-c4ccc5c(c4)C4(c6ccccc6-c6ccccc64)c4ccccc4-5)c4ccc(-c5ccc6c(c5)C(C)(C)c5ccccc5-6)cc34)ccc21. The predicted octanol–water partition coefficient (Wildman–Crippen LogP) is 18.0. The molecule has 0 atom stereocenters. The Bertz CT molecular complexity index is 4010. The standard InChI is InChI=1S/C69H48/c1-67(2)58-25-13-8-21-49(58)55-38-43(32-36-59(55)67)66-53-23-6-5-22-52(53)65(54-35-30-41(37-56(54)66)42-29-33-50-45-17-7-12-24-57(45)68(3,4)63(50)39-42)44-31-34-51-48-20-11-16-28-62(48)69(64(51)40-44)60-26-14-9-18-46(60)47-19-10-15-27-61(47)69/h5-40H,1-4H3. The molecule has 0 saturated heterocycles. The van der Waals surface area contributed by atoms with Crippen LogP contribution in [-0.4, -0.2) is 0 Å². The third kappa shape index (κ3) is 4.93. The number of rotatable bonds is 3. The van der Waals surface area contributed by atoms with Crippen molar-refractivity contribution >= 4 is 21.5 Å². The van der Waals surface area contributed by atoms with Crippen LogP contribution >= 0.6 is 0 Å². The minimum absolute atomic E-state index is 0.0719. The molecule has 0 fully saturated rings. The van der Waals surface area contributed by atoms with Gasteiger partial charge < -0.3 is 0 Å². The lowest BCUT2D eigenvalue weighted by Crippen LogP contribution is -2.25. The van der Waals surface area contributed by atoms with Gasteiger partial charge in [0, 0.05) is 10.8 Å². The molecule has 0 radical (unpaired) electrons. The second-order valence-corrected chi connectivity index (χ2v) is 21.1. The van der Waals surface area contributed by atoms with Crippen LogP contribution in [0.4, 0.5) is 0 Å². The maximum absolute atomic E-state index is 2.57. The van der Waals surface area contributed by atoms with E-state index in [4.69, 9.17) is 0 Å². The summed E-state index contributed by atoms with van der Waals surface area (Å²) >= 11 is 0. The van der Waals surface area contributed by atoms with E-state index in [9.17, 15) is 0 Å². The number of fused-ring (bicyclic) bond motifs is 18. The zero-order valence-electron chi connectivity index (χ0n) is 39.3. The van der Waals surface area contributed by atoms with E-state index in [1.54, 1.807) is 0 Å². The Morgan fingerprint density at radius 3 is 1.16 bits per heavy atom. The minimum atomic E-state index is -0.427. The lowest BCUT2D eigenvalue weighted by molar-refractivity contribution is 0.660. The van der Waals surface area contributed by atoms with Crippen LogP contribution in [0.1, 0.15) is 72.2 Å². The molecule has 0 N–H and O–H groups in total. The molecule has 4 aliphatic carbocycles. The average Bonchev–Trinajstić information content (AvgIpc) is 4.02. The molecule has 15 rings (SSSR count). The molecule has 324 valence electrons. The first-order valence-corrected chi connectivity index (χ1v) is 24.7. The monoisotopic (exact) mass is 876 g/mol. The van der Waals surface area contributed by atoms with E-state index in [0.29, 0.717) is 0 Å². The zero-order chi connectivity index (χ0) is 46.0. The predicted molar refractivity (Wildman–Crippen MR) is 289 cm³/mol. The molecule has 11 aromatic rings. The Labute approximate surface area is 404 Å². The van der Waals surface area contributed by atoms with E-state index in [1.807, 2.05) is 0 Å². The van der Waals surface area contributed by atoms with Crippen LogP contribution in [-0.2, 0) is 16.2 Å². The largest absolute Gasteiger partial charge is 0.0725 e. The van der Waals surface area contributed by atoms with Crippen LogP contribution in [0.5, 0.6) is 0 Å². The van der Waals surface area contributed by atoms with Crippen LogP contribution < -0.4 is 0 Å². The number of hydrogen-bond acceptors (Lipinski definition) is 0. The van der Waals surface area contributed by atoms with E-state index in [1.165, 1.54) is 144 Å². The van der Waals surface area contributed by atoms with Crippen LogP contribution in [0.15, 0.2) is 218 Å². The van der Waals surface area contributed by atoms with Gasteiger partial charge in [0.2, 0.25) is 0 Å². The highest BCUT2D eigenvalue weighted by molar-refractivity contribution is 6.22. The van der Waals surface area contributed by atoms with E-state index in [-0.39, 0.29) is 10.8 Å². The molecule has 0 amide bonds. The Morgan fingerprint density at radius 1 is 0.217 bits per heavy atom. The van der Waals surface area contributed by atoms with Crippen molar-refractivity contribution in [2.24, 2.45) is 0 Å². The second kappa shape index (κ2) is 13.6. The summed E-state index contributed by atoms with van der Waals surface area (Å²) in [5.41, 5.74) is 28.7. The summed E-state index contributed by atoms with van der Waals surface area (Å²) < 4.78 is 0. The molecule has 0 aromatic heterocycles. The lowest BCUT2D eigenvalue weighted by atomic mass is 9.70. The Kier molecular flexibility index (Phi) is 7.66. The molecule has 0 unspecified atom stereocenters. The van der Waals surface area contributed by atoms with E-state index in [2.05, 4.69) is 246 Å². The highest BCUT2D eigenvalue weighted by atomic mass is 14.5. The molecule has 0 nitrogen and oxygen atoms in total. The van der Waals surface area contributed by atoms with E-state index >= 15 is 0 Å². The molecular formula is C69H48. The number of hydrogen-bond donors (Lipinski definition) is 0. The van der Waals surface area contributed by atoms with Crippen molar-refractivity contribution in [1.29, 1.82) is 0 Å². The molecule has 0 saturated carbocycles. The fourth-order valence-corrected chi connectivity index (χ4v) is 14.0. The third-order valence-corrected chi connectivity index (χ3v) is 17.1. The smallest absolute Gasteiger partial charge is 0.0619 e. The van der Waals surface area contributed by atoms with E-state index < -0.39 is 5.41 Å². The third-order valence-electron chi connectivity index (χ3n) is 17.1. The van der Waals surface area contributed by atoms with Gasteiger partial charge >= 0.3 is 0 Å². The van der Waals surface area contributed by atoms with Gasteiger partial charge in [0.25, 0.3) is 0 Å². The van der Waals surface area contributed by atoms with Gasteiger partial charge in [-0.1, -0.05) is 222 Å². The van der Waals surface area contributed by atoms with Gasteiger partial charge in [0.05, 0.1) is 5.41 Å². The van der Waals surface area contributed by atoms with Crippen molar-refractivity contribution in [3.63, 3.8) is 0 Å². The molecule has 0 bridgehead atoms. The highest BCUT2D eigenvalue weighted by Gasteiger charge is 2.51. The summed E-state index contributed by atoms with van der Waals surface area (Å²) in [4.78, 5) is 0. The fraction of sp³-hybridized carbons (Fsp3) is 0.101. The van der Waals surface area contributed by atoms with Crippen LogP contribution in [0.25, 0.3) is 99.4 Å². The first kappa shape index (κ1) is 39.0. The quantitative estimate of drug-likeness (QED) is 0.155. The Hall–Kier alpha value is -8.06. The first-order valence-electron chi connectivity index (χ1n) is 24.7. The van der Waals surface area contributed by atoms with Crippen LogP contribution in [0.3, 0.4) is 0 Å². The van der Waals surface area contributed by atoms with Crippen molar-refractivity contribution < 1.29 is 0 Å². The van der Waals surface area contributed by atoms with Crippen molar-refractivity contribution in [3.8, 4) is 77.9 Å². The molecule has 0 heteroatoms.